The van der Waals surface area contributed by atoms with Gasteiger partial charge in [0.1, 0.15) is 11.6 Å². The number of ether oxygens (including phenoxy) is 3. The van der Waals surface area contributed by atoms with Crippen molar-refractivity contribution in [3.05, 3.63) is 24.0 Å². The third-order valence-corrected chi connectivity index (χ3v) is 2.38. The molecule has 7 heteroatoms. The third kappa shape index (κ3) is 6.02. The number of hydrogen-bond acceptors (Lipinski definition) is 5. The van der Waals surface area contributed by atoms with Gasteiger partial charge in [0.15, 0.2) is 0 Å². The molecular weight excluding hydrogens is 254 g/mol. The lowest BCUT2D eigenvalue weighted by Gasteiger charge is -2.08. The van der Waals surface area contributed by atoms with Crippen LogP contribution in [-0.4, -0.2) is 50.7 Å². The van der Waals surface area contributed by atoms with E-state index in [2.05, 4.69) is 0 Å². The molecule has 0 fully saturated rings. The van der Waals surface area contributed by atoms with E-state index in [0.717, 1.165) is 6.07 Å². The highest BCUT2D eigenvalue weighted by molar-refractivity contribution is 6.58. The van der Waals surface area contributed by atoms with Crippen molar-refractivity contribution in [2.24, 2.45) is 0 Å². The standard InChI is InChI=1S/C12H18BFO5/c1-17-7-8-18-5-2-6-19-10-3-4-11(13(15)16)12(14)9-10/h3-4,9,15-16H,2,5-8H2,1H3. The second-order valence-electron chi connectivity index (χ2n) is 3.86. The summed E-state index contributed by atoms with van der Waals surface area (Å²) in [5.41, 5.74) is -0.171. The van der Waals surface area contributed by atoms with Gasteiger partial charge < -0.3 is 24.3 Å². The van der Waals surface area contributed by atoms with Gasteiger partial charge in [0.25, 0.3) is 0 Å². The van der Waals surface area contributed by atoms with E-state index in [9.17, 15) is 4.39 Å². The van der Waals surface area contributed by atoms with E-state index < -0.39 is 12.9 Å². The van der Waals surface area contributed by atoms with Crippen molar-refractivity contribution in [2.75, 3.05) is 33.5 Å². The molecule has 0 unspecified atom stereocenters. The Labute approximate surface area is 112 Å². The molecule has 0 atom stereocenters. The molecule has 0 heterocycles. The van der Waals surface area contributed by atoms with Crippen LogP contribution in [0.4, 0.5) is 4.39 Å². The van der Waals surface area contributed by atoms with Gasteiger partial charge in [-0.25, -0.2) is 4.39 Å². The summed E-state index contributed by atoms with van der Waals surface area (Å²) in [5.74, 6) is -0.359. The van der Waals surface area contributed by atoms with Crippen molar-refractivity contribution < 1.29 is 28.6 Å². The average molecular weight is 272 g/mol. The first-order chi connectivity index (χ1) is 9.15. The molecule has 0 aliphatic rings. The molecule has 1 aromatic carbocycles. The van der Waals surface area contributed by atoms with Gasteiger partial charge in [-0.15, -0.1) is 0 Å². The topological polar surface area (TPSA) is 68.2 Å². The van der Waals surface area contributed by atoms with Gasteiger partial charge in [0, 0.05) is 31.7 Å². The van der Waals surface area contributed by atoms with Gasteiger partial charge in [0.2, 0.25) is 0 Å². The van der Waals surface area contributed by atoms with Crippen LogP contribution >= 0.6 is 0 Å². The minimum Gasteiger partial charge on any atom is -0.493 e. The average Bonchev–Trinajstić information content (AvgIpc) is 2.37. The summed E-state index contributed by atoms with van der Waals surface area (Å²) in [6, 6.07) is 3.90. The molecular formula is C12H18BFO5. The lowest BCUT2D eigenvalue weighted by molar-refractivity contribution is 0.0644. The third-order valence-electron chi connectivity index (χ3n) is 2.38. The molecule has 1 aromatic rings. The Hall–Kier alpha value is -1.15. The van der Waals surface area contributed by atoms with Crippen LogP contribution in [0.25, 0.3) is 0 Å². The second kappa shape index (κ2) is 8.87. The quantitative estimate of drug-likeness (QED) is 0.487. The normalized spacial score (nSPS) is 10.5. The van der Waals surface area contributed by atoms with Gasteiger partial charge in [-0.1, -0.05) is 6.07 Å². The van der Waals surface area contributed by atoms with Crippen molar-refractivity contribution in [3.63, 3.8) is 0 Å². The van der Waals surface area contributed by atoms with Crippen LogP contribution in [0.15, 0.2) is 18.2 Å². The van der Waals surface area contributed by atoms with Gasteiger partial charge in [0.05, 0.1) is 19.8 Å². The van der Waals surface area contributed by atoms with Crippen LogP contribution in [0, 0.1) is 5.82 Å². The Morgan fingerprint density at radius 3 is 2.58 bits per heavy atom. The molecule has 2 N–H and O–H groups in total. The van der Waals surface area contributed by atoms with Crippen LogP contribution in [0.2, 0.25) is 0 Å². The van der Waals surface area contributed by atoms with E-state index in [4.69, 9.17) is 24.3 Å². The maximum Gasteiger partial charge on any atom is 0.491 e. The molecule has 106 valence electrons. The van der Waals surface area contributed by atoms with Crippen LogP contribution in [0.1, 0.15) is 6.42 Å². The lowest BCUT2D eigenvalue weighted by Crippen LogP contribution is -2.32. The summed E-state index contributed by atoms with van der Waals surface area (Å²) >= 11 is 0. The number of benzene rings is 1. The SMILES string of the molecule is COCCOCCCOc1ccc(B(O)O)c(F)c1. The number of rotatable bonds is 9. The van der Waals surface area contributed by atoms with E-state index in [-0.39, 0.29) is 5.46 Å². The van der Waals surface area contributed by atoms with Crippen molar-refractivity contribution in [2.45, 2.75) is 6.42 Å². The molecule has 0 bridgehead atoms. The molecule has 0 saturated carbocycles. The Morgan fingerprint density at radius 1 is 1.16 bits per heavy atom. The van der Waals surface area contributed by atoms with Crippen molar-refractivity contribution in [1.82, 2.24) is 0 Å². The van der Waals surface area contributed by atoms with E-state index in [1.165, 1.54) is 12.1 Å². The van der Waals surface area contributed by atoms with Crippen molar-refractivity contribution >= 4 is 12.6 Å². The fraction of sp³-hybridized carbons (Fsp3) is 0.500. The zero-order chi connectivity index (χ0) is 14.1. The van der Waals surface area contributed by atoms with Crippen LogP contribution in [0.5, 0.6) is 5.75 Å². The van der Waals surface area contributed by atoms with Crippen molar-refractivity contribution in [1.29, 1.82) is 0 Å². The molecule has 1 rings (SSSR count). The zero-order valence-corrected chi connectivity index (χ0v) is 10.8. The molecule has 0 aliphatic carbocycles. The molecule has 0 saturated heterocycles. The Balaban J connectivity index is 2.25. The minimum absolute atomic E-state index is 0.171. The molecule has 0 radical (unpaired) electrons. The molecule has 0 aliphatic heterocycles. The predicted molar refractivity (Wildman–Crippen MR) is 69.0 cm³/mol. The maximum atomic E-state index is 13.4. The maximum absolute atomic E-state index is 13.4. The molecule has 0 spiro atoms. The summed E-state index contributed by atoms with van der Waals surface area (Å²) in [5, 5.41) is 17.7. The van der Waals surface area contributed by atoms with E-state index in [1.54, 1.807) is 7.11 Å². The fourth-order valence-corrected chi connectivity index (χ4v) is 1.40. The molecule has 0 aromatic heterocycles. The van der Waals surface area contributed by atoms with Crippen LogP contribution in [0.3, 0.4) is 0 Å². The van der Waals surface area contributed by atoms with Gasteiger partial charge >= 0.3 is 7.12 Å². The summed E-state index contributed by atoms with van der Waals surface area (Å²) < 4.78 is 28.8. The Morgan fingerprint density at radius 2 is 1.95 bits per heavy atom. The predicted octanol–water partition coefficient (Wildman–Crippen LogP) is -0.0626. The molecule has 5 nitrogen and oxygen atoms in total. The summed E-state index contributed by atoms with van der Waals surface area (Å²) in [7, 11) is -0.211. The summed E-state index contributed by atoms with van der Waals surface area (Å²) in [6.45, 7) is 2.03. The fourth-order valence-electron chi connectivity index (χ4n) is 1.40. The Bertz CT molecular complexity index is 375. The second-order valence-corrected chi connectivity index (χ2v) is 3.86. The molecule has 19 heavy (non-hydrogen) atoms. The number of halogens is 1. The van der Waals surface area contributed by atoms with Gasteiger partial charge in [-0.05, 0) is 6.07 Å². The Kier molecular flexibility index (Phi) is 7.43. The van der Waals surface area contributed by atoms with Gasteiger partial charge in [-0.3, -0.25) is 0 Å². The first kappa shape index (κ1) is 15.9. The highest BCUT2D eigenvalue weighted by atomic mass is 19.1. The minimum atomic E-state index is -1.82. The monoisotopic (exact) mass is 272 g/mol. The largest absolute Gasteiger partial charge is 0.493 e. The first-order valence-electron chi connectivity index (χ1n) is 6.00. The van der Waals surface area contributed by atoms with E-state index in [0.29, 0.717) is 38.6 Å². The van der Waals surface area contributed by atoms with Crippen LogP contribution in [-0.2, 0) is 9.47 Å². The van der Waals surface area contributed by atoms with Crippen LogP contribution < -0.4 is 10.2 Å². The van der Waals surface area contributed by atoms with E-state index >= 15 is 0 Å². The first-order valence-corrected chi connectivity index (χ1v) is 6.00. The smallest absolute Gasteiger partial charge is 0.491 e. The zero-order valence-electron chi connectivity index (χ0n) is 10.8. The highest BCUT2D eigenvalue weighted by Crippen LogP contribution is 2.11. The summed E-state index contributed by atoms with van der Waals surface area (Å²) in [4.78, 5) is 0. The highest BCUT2D eigenvalue weighted by Gasteiger charge is 2.16. The number of methoxy groups -OCH3 is 1. The van der Waals surface area contributed by atoms with E-state index in [1.807, 2.05) is 0 Å². The van der Waals surface area contributed by atoms with Gasteiger partial charge in [-0.2, -0.15) is 0 Å². The lowest BCUT2D eigenvalue weighted by atomic mass is 9.80. The number of hydrogen-bond donors (Lipinski definition) is 2. The summed E-state index contributed by atoms with van der Waals surface area (Å²) in [6.07, 6.45) is 0.676. The van der Waals surface area contributed by atoms with Crippen molar-refractivity contribution in [3.8, 4) is 5.75 Å². The molecule has 0 amide bonds.